The van der Waals surface area contributed by atoms with Crippen molar-refractivity contribution in [1.82, 2.24) is 5.32 Å². The van der Waals surface area contributed by atoms with Crippen LogP contribution < -0.4 is 15.5 Å². The van der Waals surface area contributed by atoms with Crippen LogP contribution >= 0.6 is 0 Å². The molecule has 0 aliphatic heterocycles. The minimum absolute atomic E-state index is 0.302. The summed E-state index contributed by atoms with van der Waals surface area (Å²) in [6.45, 7) is 6.26. The summed E-state index contributed by atoms with van der Waals surface area (Å²) in [7, 11) is 0. The first kappa shape index (κ1) is 19.4. The van der Waals surface area contributed by atoms with Gasteiger partial charge in [-0.2, -0.15) is 0 Å². The number of benzene rings is 2. The highest BCUT2D eigenvalue weighted by molar-refractivity contribution is 6.39. The molecule has 2 amide bonds. The number of halogens is 1. The summed E-state index contributed by atoms with van der Waals surface area (Å²) in [5.74, 6) is -1.70. The molecule has 26 heavy (non-hydrogen) atoms. The molecule has 0 fully saturated rings. The Bertz CT molecular complexity index is 726. The van der Waals surface area contributed by atoms with Gasteiger partial charge in [0, 0.05) is 31.0 Å². The summed E-state index contributed by atoms with van der Waals surface area (Å²) in [4.78, 5) is 26.0. The molecule has 2 rings (SSSR count). The maximum absolute atomic E-state index is 12.8. The van der Waals surface area contributed by atoms with E-state index in [1.165, 1.54) is 12.1 Å². The Kier molecular flexibility index (Phi) is 7.14. The lowest BCUT2D eigenvalue weighted by atomic mass is 10.1. The normalized spacial score (nSPS) is 10.3. The molecule has 0 unspecified atom stereocenters. The first-order valence-corrected chi connectivity index (χ1v) is 8.72. The van der Waals surface area contributed by atoms with Crippen molar-refractivity contribution in [3.63, 3.8) is 0 Å². The Morgan fingerprint density at radius 3 is 2.12 bits per heavy atom. The van der Waals surface area contributed by atoms with Crippen LogP contribution in [0.25, 0.3) is 0 Å². The number of nitrogens with one attached hydrogen (secondary N) is 2. The van der Waals surface area contributed by atoms with E-state index in [-0.39, 0.29) is 5.82 Å². The smallest absolute Gasteiger partial charge is 0.313 e. The molecular weight excluding hydrogens is 333 g/mol. The molecule has 0 aromatic heterocycles. The molecule has 5 nitrogen and oxygen atoms in total. The van der Waals surface area contributed by atoms with E-state index >= 15 is 0 Å². The van der Waals surface area contributed by atoms with Gasteiger partial charge in [0.2, 0.25) is 0 Å². The van der Waals surface area contributed by atoms with Crippen LogP contribution in [0.1, 0.15) is 19.4 Å². The number of carbonyl (C=O) groups is 2. The van der Waals surface area contributed by atoms with Gasteiger partial charge < -0.3 is 15.5 Å². The van der Waals surface area contributed by atoms with E-state index in [0.29, 0.717) is 18.7 Å². The van der Waals surface area contributed by atoms with Crippen molar-refractivity contribution in [1.29, 1.82) is 0 Å². The minimum atomic E-state index is -0.709. The Labute approximate surface area is 153 Å². The van der Waals surface area contributed by atoms with E-state index < -0.39 is 11.8 Å². The van der Waals surface area contributed by atoms with Gasteiger partial charge in [-0.15, -0.1) is 0 Å². The second kappa shape index (κ2) is 9.56. The molecule has 2 aromatic rings. The largest absolute Gasteiger partial charge is 0.372 e. The number of amides is 2. The summed E-state index contributed by atoms with van der Waals surface area (Å²) in [6, 6.07) is 13.4. The van der Waals surface area contributed by atoms with Gasteiger partial charge in [-0.05, 0) is 62.2 Å². The van der Waals surface area contributed by atoms with Crippen LogP contribution in [0.4, 0.5) is 15.8 Å². The minimum Gasteiger partial charge on any atom is -0.372 e. The molecular formula is C20H24FN3O2. The Morgan fingerprint density at radius 1 is 0.923 bits per heavy atom. The summed E-state index contributed by atoms with van der Waals surface area (Å²) < 4.78 is 12.8. The Balaban J connectivity index is 1.81. The van der Waals surface area contributed by atoms with Gasteiger partial charge in [0.25, 0.3) is 0 Å². The lowest BCUT2D eigenvalue weighted by Gasteiger charge is -2.21. The molecule has 0 atom stereocenters. The molecule has 0 aliphatic carbocycles. The molecule has 0 saturated heterocycles. The van der Waals surface area contributed by atoms with Crippen molar-refractivity contribution in [3.8, 4) is 0 Å². The van der Waals surface area contributed by atoms with Crippen LogP contribution in [-0.2, 0) is 16.0 Å². The molecule has 2 N–H and O–H groups in total. The van der Waals surface area contributed by atoms with Crippen LogP contribution in [0, 0.1) is 5.82 Å². The summed E-state index contributed by atoms with van der Waals surface area (Å²) in [6.07, 6.45) is 0.526. The van der Waals surface area contributed by atoms with Gasteiger partial charge in [0.1, 0.15) is 5.82 Å². The molecule has 0 saturated carbocycles. The zero-order valence-electron chi connectivity index (χ0n) is 15.1. The lowest BCUT2D eigenvalue weighted by Crippen LogP contribution is -2.36. The second-order valence-electron chi connectivity index (χ2n) is 5.81. The van der Waals surface area contributed by atoms with Crippen molar-refractivity contribution in [2.45, 2.75) is 20.3 Å². The van der Waals surface area contributed by atoms with E-state index in [4.69, 9.17) is 0 Å². The summed E-state index contributed by atoms with van der Waals surface area (Å²) in [5, 5.41) is 5.14. The molecule has 0 aliphatic rings. The standard InChI is InChI=1S/C20H24FN3O2/c1-3-24(4-2)18-11-9-17(10-12-18)23-20(26)19(25)22-14-13-15-5-7-16(21)8-6-15/h5-12H,3-4,13-14H2,1-2H3,(H,22,25)(H,23,26). The van der Waals surface area contributed by atoms with E-state index in [9.17, 15) is 14.0 Å². The van der Waals surface area contributed by atoms with Crippen LogP contribution in [-0.4, -0.2) is 31.4 Å². The average molecular weight is 357 g/mol. The highest BCUT2D eigenvalue weighted by Crippen LogP contribution is 2.17. The third kappa shape index (κ3) is 5.58. The molecule has 0 heterocycles. The first-order valence-electron chi connectivity index (χ1n) is 8.72. The number of rotatable bonds is 7. The number of nitrogens with zero attached hydrogens (tertiary/aromatic N) is 1. The SMILES string of the molecule is CCN(CC)c1ccc(NC(=O)C(=O)NCCc2ccc(F)cc2)cc1. The predicted molar refractivity (Wildman–Crippen MR) is 102 cm³/mol. The van der Waals surface area contributed by atoms with Crippen LogP contribution in [0.3, 0.4) is 0 Å². The monoisotopic (exact) mass is 357 g/mol. The fraction of sp³-hybridized carbons (Fsp3) is 0.300. The Morgan fingerprint density at radius 2 is 1.54 bits per heavy atom. The average Bonchev–Trinajstić information content (AvgIpc) is 2.65. The van der Waals surface area contributed by atoms with Gasteiger partial charge >= 0.3 is 11.8 Å². The zero-order chi connectivity index (χ0) is 18.9. The van der Waals surface area contributed by atoms with Gasteiger partial charge in [-0.1, -0.05) is 12.1 Å². The number of hydrogen-bond acceptors (Lipinski definition) is 3. The fourth-order valence-electron chi connectivity index (χ4n) is 2.58. The van der Waals surface area contributed by atoms with Crippen LogP contribution in [0.2, 0.25) is 0 Å². The topological polar surface area (TPSA) is 61.4 Å². The molecule has 138 valence electrons. The predicted octanol–water partition coefficient (Wildman–Crippen LogP) is 2.97. The summed E-state index contributed by atoms with van der Waals surface area (Å²) in [5.41, 5.74) is 2.52. The van der Waals surface area contributed by atoms with Gasteiger partial charge in [0.15, 0.2) is 0 Å². The molecule has 6 heteroatoms. The molecule has 0 radical (unpaired) electrons. The second-order valence-corrected chi connectivity index (χ2v) is 5.81. The van der Waals surface area contributed by atoms with Crippen molar-refractivity contribution in [3.05, 3.63) is 59.9 Å². The van der Waals surface area contributed by atoms with E-state index in [2.05, 4.69) is 29.4 Å². The van der Waals surface area contributed by atoms with Crippen molar-refractivity contribution >= 4 is 23.2 Å². The third-order valence-corrected chi connectivity index (χ3v) is 4.07. The van der Waals surface area contributed by atoms with Crippen LogP contribution in [0.5, 0.6) is 0 Å². The van der Waals surface area contributed by atoms with Crippen molar-refractivity contribution in [2.24, 2.45) is 0 Å². The maximum Gasteiger partial charge on any atom is 0.313 e. The van der Waals surface area contributed by atoms with E-state index in [0.717, 1.165) is 24.3 Å². The molecule has 0 bridgehead atoms. The van der Waals surface area contributed by atoms with Gasteiger partial charge in [-0.3, -0.25) is 9.59 Å². The lowest BCUT2D eigenvalue weighted by molar-refractivity contribution is -0.136. The van der Waals surface area contributed by atoms with Gasteiger partial charge in [-0.25, -0.2) is 4.39 Å². The zero-order valence-corrected chi connectivity index (χ0v) is 15.1. The third-order valence-electron chi connectivity index (χ3n) is 4.07. The molecule has 2 aromatic carbocycles. The van der Waals surface area contributed by atoms with E-state index in [1.54, 1.807) is 24.3 Å². The number of hydrogen-bond donors (Lipinski definition) is 2. The van der Waals surface area contributed by atoms with E-state index in [1.807, 2.05) is 12.1 Å². The fourth-order valence-corrected chi connectivity index (χ4v) is 2.58. The van der Waals surface area contributed by atoms with Gasteiger partial charge in [0.05, 0.1) is 0 Å². The van der Waals surface area contributed by atoms with Crippen LogP contribution in [0.15, 0.2) is 48.5 Å². The highest BCUT2D eigenvalue weighted by atomic mass is 19.1. The van der Waals surface area contributed by atoms with Crippen molar-refractivity contribution < 1.29 is 14.0 Å². The maximum atomic E-state index is 12.8. The first-order chi connectivity index (χ1) is 12.5. The highest BCUT2D eigenvalue weighted by Gasteiger charge is 2.13. The Hall–Kier alpha value is -2.89. The number of carbonyl (C=O) groups excluding carboxylic acids is 2. The quantitative estimate of drug-likeness (QED) is 0.749. The molecule has 0 spiro atoms. The van der Waals surface area contributed by atoms with Crippen molar-refractivity contribution in [2.75, 3.05) is 29.9 Å². The summed E-state index contributed by atoms with van der Waals surface area (Å²) >= 11 is 0. The number of anilines is 2.